The molecule has 0 aliphatic carbocycles. The van der Waals surface area contributed by atoms with E-state index in [9.17, 15) is 83.8 Å². The van der Waals surface area contributed by atoms with Crippen LogP contribution in [0, 0.1) is 5.41 Å². The van der Waals surface area contributed by atoms with Crippen LogP contribution in [-0.2, 0) is 131 Å². The number of unbranched alkanes of at least 4 members (excludes halogenated alkanes) is 4. The molecule has 0 aromatic heterocycles. The summed E-state index contributed by atoms with van der Waals surface area (Å²) in [5, 5.41) is 99.0. The third-order valence-electron chi connectivity index (χ3n) is 15.1. The minimum atomic E-state index is -3.92. The smallest absolute Gasteiger partial charge is 0.394 e. The van der Waals surface area contributed by atoms with Gasteiger partial charge in [0.2, 0.25) is 17.7 Å². The first-order valence-corrected chi connectivity index (χ1v) is 45.2. The Morgan fingerprint density at radius 3 is 0.848 bits per heavy atom. The van der Waals surface area contributed by atoms with E-state index in [2.05, 4.69) is 27.8 Å². The first-order chi connectivity index (χ1) is 50.0. The molecule has 0 radical (unpaired) electrons. The lowest BCUT2D eigenvalue weighted by atomic mass is 9.92. The van der Waals surface area contributed by atoms with Crippen LogP contribution in [-0.4, -0.2) is 325 Å². The maximum Gasteiger partial charge on any atom is 0.415 e. The van der Waals surface area contributed by atoms with Crippen molar-refractivity contribution in [1.29, 1.82) is 0 Å². The summed E-state index contributed by atoms with van der Waals surface area (Å²) in [7, 11) is 3.85. The standard InChI is InChI=1S/C57H111N3O37P4S4/c1-39(64)58-45-51(70)48(67)42(32-61)95-54(45)85-22-8-12-26-89-99(75,103-78-4)92-29-15-19-82-36-57(35-81-18-7-11-25-88-98(73,74)102,37-83-20-16-30-93-100(76,104-79-5)90-27-13-9-23-86-55-46(59-40(2)65)52(71)49(68)43(33-62)96-55)38-84-21-17-31-94-101(77,105-80-6)91-28-14-10-24-87-56-47(60-41(3)66)53(72)50(69)44(34-63)97-56/h42-56,61-63,67-72H,7-38H2,1-6H3,(H,58,64)(H,59,65)(H,60,66)(H2,73,74,102). The minimum absolute atomic E-state index is 0.0137. The highest BCUT2D eigenvalue weighted by atomic mass is 32.7. The molecular formula is C57H111N3O37P4S4. The number of rotatable bonds is 62. The number of amides is 3. The Morgan fingerprint density at radius 1 is 0.381 bits per heavy atom. The second kappa shape index (κ2) is 54.4. The molecule has 0 saturated carbocycles. The molecule has 3 heterocycles. The number of nitrogens with one attached hydrogen (secondary N) is 3. The first kappa shape index (κ1) is 98.8. The van der Waals surface area contributed by atoms with Crippen molar-refractivity contribution < 1.29 is 175 Å². The molecule has 3 rings (SSSR count). The molecule has 14 N–H and O–H groups in total. The van der Waals surface area contributed by atoms with Gasteiger partial charge in [0.25, 0.3) is 0 Å². The SMILES string of the molecule is COSP(=O)(OCCCCOC1OC(CO)C(O)C(O)C1NC(C)=O)OCCCOCC(COCCCCOP(O)(O)=S)(COCCCOP(=O)(OCCCCOC1OC(CO)C(O)C(O)C1NC(C)=O)SOC)COCCCOP(=O)(OCCCCOC1OC(CO)C(O)C(O)C1NC(C)=O)SOC. The summed E-state index contributed by atoms with van der Waals surface area (Å²) >= 11 is 6.03. The summed E-state index contributed by atoms with van der Waals surface area (Å²) in [6, 6.07) is -3.41. The second-order valence-electron chi connectivity index (χ2n) is 23.9. The summed E-state index contributed by atoms with van der Waals surface area (Å²) in [6.07, 6.45) is -13.0. The van der Waals surface area contributed by atoms with Crippen molar-refractivity contribution in [2.24, 2.45) is 5.41 Å². The third kappa shape index (κ3) is 39.4. The normalized spacial score (nSPS) is 27.5. The summed E-state index contributed by atoms with van der Waals surface area (Å²) < 4.78 is 154. The summed E-state index contributed by atoms with van der Waals surface area (Å²) in [5.74, 6) is -1.55. The van der Waals surface area contributed by atoms with Gasteiger partial charge in [-0.15, -0.1) is 0 Å². The number of hydrogen-bond acceptors (Lipinski definition) is 39. The molecule has 0 spiro atoms. The van der Waals surface area contributed by atoms with E-state index < -0.39 is 162 Å². The van der Waals surface area contributed by atoms with Crippen molar-refractivity contribution in [3.63, 3.8) is 0 Å². The second-order valence-corrected chi connectivity index (χ2v) is 37.6. The van der Waals surface area contributed by atoms with Crippen LogP contribution >= 0.6 is 62.1 Å². The van der Waals surface area contributed by atoms with Crippen molar-refractivity contribution in [2.45, 2.75) is 183 Å². The van der Waals surface area contributed by atoms with E-state index in [1.54, 1.807) is 0 Å². The fourth-order valence-electron chi connectivity index (χ4n) is 10.00. The molecule has 18 unspecified atom stereocenters. The quantitative estimate of drug-likeness (QED) is 0.0227. The lowest BCUT2D eigenvalue weighted by Crippen LogP contribution is -2.64. The fraction of sp³-hybridized carbons (Fsp3) is 0.947. The van der Waals surface area contributed by atoms with Crippen molar-refractivity contribution >= 4 is 91.6 Å². The van der Waals surface area contributed by atoms with E-state index in [1.807, 2.05) is 0 Å². The number of carbonyl (C=O) groups is 3. The van der Waals surface area contributed by atoms with Crippen molar-refractivity contribution in [2.75, 3.05) is 160 Å². The van der Waals surface area contributed by atoms with Gasteiger partial charge in [0.15, 0.2) is 18.9 Å². The van der Waals surface area contributed by atoms with Crippen LogP contribution in [0.25, 0.3) is 0 Å². The topological polar surface area (TPSA) is 546 Å². The van der Waals surface area contributed by atoms with Crippen LogP contribution in [0.15, 0.2) is 0 Å². The van der Waals surface area contributed by atoms with Crippen molar-refractivity contribution in [1.82, 2.24) is 16.0 Å². The first-order valence-electron chi connectivity index (χ1n) is 33.9. The van der Waals surface area contributed by atoms with Gasteiger partial charge in [-0.3, -0.25) is 41.5 Å². The van der Waals surface area contributed by atoms with E-state index in [0.29, 0.717) is 67.1 Å². The Morgan fingerprint density at radius 2 is 0.610 bits per heavy atom. The van der Waals surface area contributed by atoms with Crippen molar-refractivity contribution in [3.8, 4) is 0 Å². The van der Waals surface area contributed by atoms with Gasteiger partial charge in [-0.2, -0.15) is 0 Å². The van der Waals surface area contributed by atoms with Gasteiger partial charge in [-0.05, 0) is 82.4 Å². The molecule has 3 fully saturated rings. The average Bonchev–Trinajstić information content (AvgIpc) is 0.819. The van der Waals surface area contributed by atoms with E-state index in [0.717, 1.165) is 0 Å². The van der Waals surface area contributed by atoms with Gasteiger partial charge >= 0.3 is 27.1 Å². The predicted octanol–water partition coefficient (Wildman–Crippen LogP) is 0.745. The molecule has 620 valence electrons. The summed E-state index contributed by atoms with van der Waals surface area (Å²) in [5.41, 5.74) is -1.09. The van der Waals surface area contributed by atoms with Crippen LogP contribution in [0.3, 0.4) is 0 Å². The van der Waals surface area contributed by atoms with Crippen LogP contribution in [0.4, 0.5) is 0 Å². The molecule has 0 aromatic carbocycles. The van der Waals surface area contributed by atoms with E-state index in [1.165, 1.54) is 42.1 Å². The molecule has 0 aromatic rings. The predicted molar refractivity (Wildman–Crippen MR) is 377 cm³/mol. The zero-order chi connectivity index (χ0) is 77.9. The lowest BCUT2D eigenvalue weighted by molar-refractivity contribution is -0.270. The maximum absolute atomic E-state index is 13.7. The number of aliphatic hydroxyl groups is 9. The Bertz CT molecular complexity index is 2350. The van der Waals surface area contributed by atoms with E-state index >= 15 is 0 Å². The Kier molecular flexibility index (Phi) is 51.1. The van der Waals surface area contributed by atoms with Crippen molar-refractivity contribution in [3.05, 3.63) is 0 Å². The highest BCUT2D eigenvalue weighted by Gasteiger charge is 2.48. The van der Waals surface area contributed by atoms with Gasteiger partial charge in [-0.1, -0.05) is 0 Å². The van der Waals surface area contributed by atoms with Crippen LogP contribution < -0.4 is 16.0 Å². The van der Waals surface area contributed by atoms with Gasteiger partial charge in [0.05, 0.1) is 119 Å². The van der Waals surface area contributed by atoms with Crippen LogP contribution in [0.2, 0.25) is 0 Å². The fourth-order valence-corrected chi connectivity index (χ4v) is 17.5. The Labute approximate surface area is 628 Å². The van der Waals surface area contributed by atoms with E-state index in [-0.39, 0.29) is 157 Å². The molecule has 105 heavy (non-hydrogen) atoms. The Hall–Kier alpha value is -0.440. The highest BCUT2D eigenvalue weighted by molar-refractivity contribution is 8.53. The molecule has 3 amide bonds. The minimum Gasteiger partial charge on any atom is -0.394 e. The summed E-state index contributed by atoms with van der Waals surface area (Å²) in [4.78, 5) is 54.6. The highest BCUT2D eigenvalue weighted by Crippen LogP contribution is 2.62. The van der Waals surface area contributed by atoms with Gasteiger partial charge in [0, 0.05) is 67.0 Å². The number of ether oxygens (including phenoxy) is 10. The van der Waals surface area contributed by atoms with Crippen LogP contribution in [0.5, 0.6) is 0 Å². The molecule has 0 bridgehead atoms. The molecule has 18 atom stereocenters. The maximum atomic E-state index is 13.7. The summed E-state index contributed by atoms with van der Waals surface area (Å²) in [6.45, 7) is -14.6. The largest absolute Gasteiger partial charge is 0.415 e. The van der Waals surface area contributed by atoms with Crippen LogP contribution in [0.1, 0.15) is 91.4 Å². The molecule has 40 nitrogen and oxygen atoms in total. The molecule has 3 aliphatic rings. The molecule has 3 aliphatic heterocycles. The Balaban J connectivity index is 1.67. The third-order valence-corrected chi connectivity index (χ3v) is 24.8. The van der Waals surface area contributed by atoms with Gasteiger partial charge in [0.1, 0.15) is 108 Å². The number of carbonyl (C=O) groups excluding carboxylic acids is 3. The number of aliphatic hydroxyl groups excluding tert-OH is 9. The monoisotopic (exact) mass is 1680 g/mol. The molecule has 3 saturated heterocycles. The molecular weight excluding hydrogens is 1570 g/mol. The lowest BCUT2D eigenvalue weighted by Gasteiger charge is -2.42. The molecule has 48 heteroatoms. The van der Waals surface area contributed by atoms with Gasteiger partial charge in [-0.25, -0.2) is 13.7 Å². The van der Waals surface area contributed by atoms with Gasteiger partial charge < -0.3 is 136 Å². The zero-order valence-electron chi connectivity index (χ0n) is 59.7. The average molecular weight is 1680 g/mol. The van der Waals surface area contributed by atoms with E-state index in [4.69, 9.17) is 91.6 Å². The number of hydrogen-bond donors (Lipinski definition) is 14. The zero-order valence-corrected chi connectivity index (χ0v) is 66.6.